The molecule has 0 radical (unpaired) electrons. The second-order valence-electron chi connectivity index (χ2n) is 5.85. The first-order valence-electron chi connectivity index (χ1n) is 7.47. The quantitative estimate of drug-likeness (QED) is 0.876. The number of morpholine rings is 1. The van der Waals surface area contributed by atoms with Gasteiger partial charge in [-0.25, -0.2) is 0 Å². The highest BCUT2D eigenvalue weighted by molar-refractivity contribution is 5.46. The Balaban J connectivity index is 1.65. The number of rotatable bonds is 3. The molecule has 19 heavy (non-hydrogen) atoms. The molecule has 1 aliphatic heterocycles. The van der Waals surface area contributed by atoms with Crippen molar-refractivity contribution in [2.75, 3.05) is 25.1 Å². The minimum atomic E-state index is 0.526. The van der Waals surface area contributed by atoms with E-state index in [0.717, 1.165) is 19.8 Å². The minimum absolute atomic E-state index is 0.526. The van der Waals surface area contributed by atoms with Crippen molar-refractivity contribution in [1.29, 1.82) is 0 Å². The van der Waals surface area contributed by atoms with Gasteiger partial charge in [-0.2, -0.15) is 0 Å². The van der Waals surface area contributed by atoms with Crippen LogP contribution in [0.3, 0.4) is 0 Å². The van der Waals surface area contributed by atoms with Crippen molar-refractivity contribution in [3.63, 3.8) is 0 Å². The molecule has 3 unspecified atom stereocenters. The van der Waals surface area contributed by atoms with E-state index in [1.54, 1.807) is 0 Å². The Bertz CT molecular complexity index is 415. The molecule has 1 saturated heterocycles. The highest BCUT2D eigenvalue weighted by Gasteiger charge is 2.34. The predicted molar refractivity (Wildman–Crippen MR) is 78.5 cm³/mol. The molecule has 1 aliphatic carbocycles. The highest BCUT2D eigenvalue weighted by Crippen LogP contribution is 2.32. The second-order valence-corrected chi connectivity index (χ2v) is 5.85. The van der Waals surface area contributed by atoms with Crippen LogP contribution in [0, 0.1) is 12.8 Å². The normalized spacial score (nSPS) is 31.3. The third-order valence-electron chi connectivity index (χ3n) is 4.41. The number of hydrogen-bond acceptors (Lipinski definition) is 3. The van der Waals surface area contributed by atoms with E-state index in [1.807, 2.05) is 0 Å². The first kappa shape index (κ1) is 12.9. The van der Waals surface area contributed by atoms with Crippen LogP contribution >= 0.6 is 0 Å². The van der Waals surface area contributed by atoms with Crippen LogP contribution in [-0.2, 0) is 4.74 Å². The van der Waals surface area contributed by atoms with Crippen molar-refractivity contribution in [2.24, 2.45) is 5.92 Å². The maximum absolute atomic E-state index is 5.62. The van der Waals surface area contributed by atoms with Crippen LogP contribution in [0.4, 0.5) is 5.69 Å². The molecule has 2 fully saturated rings. The molecular weight excluding hydrogens is 236 g/mol. The third-order valence-corrected chi connectivity index (χ3v) is 4.41. The maximum Gasteiger partial charge on any atom is 0.0623 e. The molecule has 0 spiro atoms. The fourth-order valence-electron chi connectivity index (χ4n) is 3.46. The summed E-state index contributed by atoms with van der Waals surface area (Å²) in [6.45, 7) is 4.88. The Labute approximate surface area is 115 Å². The van der Waals surface area contributed by atoms with Crippen LogP contribution in [0.15, 0.2) is 24.3 Å². The fraction of sp³-hybridized carbons (Fsp3) is 0.625. The molecule has 3 rings (SSSR count). The molecule has 2 N–H and O–H groups in total. The molecule has 1 aromatic carbocycles. The average Bonchev–Trinajstić information content (AvgIpc) is 2.88. The number of benzene rings is 1. The summed E-state index contributed by atoms with van der Waals surface area (Å²) in [7, 11) is 0. The smallest absolute Gasteiger partial charge is 0.0623 e. The molecule has 104 valence electrons. The summed E-state index contributed by atoms with van der Waals surface area (Å²) in [6.07, 6.45) is 3.91. The molecule has 1 saturated carbocycles. The van der Waals surface area contributed by atoms with E-state index in [0.29, 0.717) is 18.0 Å². The van der Waals surface area contributed by atoms with Crippen LogP contribution in [0.2, 0.25) is 0 Å². The largest absolute Gasteiger partial charge is 0.382 e. The lowest BCUT2D eigenvalue weighted by Gasteiger charge is -2.33. The molecule has 0 aromatic heterocycles. The molecule has 1 aromatic rings. The molecule has 2 aliphatic rings. The fourth-order valence-corrected chi connectivity index (χ4v) is 3.46. The van der Waals surface area contributed by atoms with Gasteiger partial charge in [0, 0.05) is 24.3 Å². The zero-order valence-electron chi connectivity index (χ0n) is 11.7. The van der Waals surface area contributed by atoms with E-state index in [4.69, 9.17) is 4.74 Å². The van der Waals surface area contributed by atoms with Gasteiger partial charge in [0.15, 0.2) is 0 Å². The minimum Gasteiger partial charge on any atom is -0.382 e. The van der Waals surface area contributed by atoms with Crippen LogP contribution in [-0.4, -0.2) is 31.8 Å². The van der Waals surface area contributed by atoms with E-state index in [-0.39, 0.29) is 0 Å². The molecule has 3 heteroatoms. The average molecular weight is 260 g/mol. The summed E-state index contributed by atoms with van der Waals surface area (Å²) in [4.78, 5) is 0. The Kier molecular flexibility index (Phi) is 4.04. The summed E-state index contributed by atoms with van der Waals surface area (Å²) < 4.78 is 5.62. The Morgan fingerprint density at radius 1 is 1.32 bits per heavy atom. The highest BCUT2D eigenvalue weighted by atomic mass is 16.5. The Hall–Kier alpha value is -1.06. The zero-order chi connectivity index (χ0) is 13.1. The third kappa shape index (κ3) is 3.10. The standard InChI is InChI=1S/C16H24N2O/c1-12-4-2-5-13(10-12)18-15-7-3-6-14(15)16-11-19-9-8-17-16/h2,4-5,10,14-18H,3,6-9,11H2,1H3. The van der Waals surface area contributed by atoms with Gasteiger partial charge in [0.1, 0.15) is 0 Å². The van der Waals surface area contributed by atoms with Crippen molar-refractivity contribution in [3.8, 4) is 0 Å². The lowest BCUT2D eigenvalue weighted by molar-refractivity contribution is 0.0559. The van der Waals surface area contributed by atoms with Gasteiger partial charge in [-0.05, 0) is 43.4 Å². The van der Waals surface area contributed by atoms with Gasteiger partial charge >= 0.3 is 0 Å². The van der Waals surface area contributed by atoms with Crippen molar-refractivity contribution in [1.82, 2.24) is 5.32 Å². The molecule has 3 atom stereocenters. The van der Waals surface area contributed by atoms with Crippen molar-refractivity contribution in [3.05, 3.63) is 29.8 Å². The topological polar surface area (TPSA) is 33.3 Å². The van der Waals surface area contributed by atoms with E-state index < -0.39 is 0 Å². The van der Waals surface area contributed by atoms with E-state index in [1.165, 1.54) is 30.5 Å². The molecule has 3 nitrogen and oxygen atoms in total. The Morgan fingerprint density at radius 2 is 2.26 bits per heavy atom. The molecule has 1 heterocycles. The van der Waals surface area contributed by atoms with E-state index in [2.05, 4.69) is 41.8 Å². The van der Waals surface area contributed by atoms with Crippen molar-refractivity contribution in [2.45, 2.75) is 38.3 Å². The summed E-state index contributed by atoms with van der Waals surface area (Å²) >= 11 is 0. The van der Waals surface area contributed by atoms with E-state index in [9.17, 15) is 0 Å². The monoisotopic (exact) mass is 260 g/mol. The second kappa shape index (κ2) is 5.93. The van der Waals surface area contributed by atoms with Crippen LogP contribution < -0.4 is 10.6 Å². The van der Waals surface area contributed by atoms with Gasteiger partial charge in [-0.15, -0.1) is 0 Å². The number of hydrogen-bond donors (Lipinski definition) is 2. The lowest BCUT2D eigenvalue weighted by Crippen LogP contribution is -2.49. The lowest BCUT2D eigenvalue weighted by atomic mass is 9.93. The van der Waals surface area contributed by atoms with Gasteiger partial charge in [-0.3, -0.25) is 0 Å². The zero-order valence-corrected chi connectivity index (χ0v) is 11.7. The van der Waals surface area contributed by atoms with E-state index >= 15 is 0 Å². The van der Waals surface area contributed by atoms with Crippen LogP contribution in [0.5, 0.6) is 0 Å². The maximum atomic E-state index is 5.62. The summed E-state index contributed by atoms with van der Waals surface area (Å²) in [5.41, 5.74) is 2.58. The molecule has 0 amide bonds. The van der Waals surface area contributed by atoms with Crippen LogP contribution in [0.1, 0.15) is 24.8 Å². The first-order valence-corrected chi connectivity index (χ1v) is 7.47. The van der Waals surface area contributed by atoms with Gasteiger partial charge in [0.2, 0.25) is 0 Å². The van der Waals surface area contributed by atoms with Crippen molar-refractivity contribution < 1.29 is 4.74 Å². The predicted octanol–water partition coefficient (Wildman–Crippen LogP) is 2.56. The number of anilines is 1. The number of ether oxygens (including phenoxy) is 1. The van der Waals surface area contributed by atoms with Gasteiger partial charge in [0.05, 0.1) is 13.2 Å². The van der Waals surface area contributed by atoms with Gasteiger partial charge in [-0.1, -0.05) is 18.6 Å². The first-order chi connectivity index (χ1) is 9.33. The molecular formula is C16H24N2O. The van der Waals surface area contributed by atoms with Crippen molar-refractivity contribution >= 4 is 5.69 Å². The van der Waals surface area contributed by atoms with Gasteiger partial charge < -0.3 is 15.4 Å². The number of aryl methyl sites for hydroxylation is 1. The summed E-state index contributed by atoms with van der Waals surface area (Å²) in [6, 6.07) is 9.80. The Morgan fingerprint density at radius 3 is 3.05 bits per heavy atom. The summed E-state index contributed by atoms with van der Waals surface area (Å²) in [5.74, 6) is 0.695. The summed E-state index contributed by atoms with van der Waals surface area (Å²) in [5, 5.41) is 7.36. The van der Waals surface area contributed by atoms with Crippen LogP contribution in [0.25, 0.3) is 0 Å². The van der Waals surface area contributed by atoms with Gasteiger partial charge in [0.25, 0.3) is 0 Å². The number of nitrogens with one attached hydrogen (secondary N) is 2. The SMILES string of the molecule is Cc1cccc(NC2CCCC2C2COCCN2)c1. The molecule has 0 bridgehead atoms.